The molecule has 0 radical (unpaired) electrons. The maximum absolute atomic E-state index is 15.5. The monoisotopic (exact) mass is 371 g/mol. The van der Waals surface area contributed by atoms with Crippen LogP contribution in [0.2, 0.25) is 0 Å². The zero-order valence-corrected chi connectivity index (χ0v) is 15.9. The Bertz CT molecular complexity index is 834. The Kier molecular flexibility index (Phi) is 5.11. The smallest absolute Gasteiger partial charge is 0.173 e. The standard InChI is InChI=1S/C20H26FN5O/c1-12-10-14(22-2)11-16(24-12)26-20-18(21)17(13-4-3-7-23-8-5-13)19-15(25-20)6-9-27-19/h10-11,13,23H,3-9H2,1-2H3,(H2,22,24,25,26)/t13-/m0/s1. The number of anilines is 3. The van der Waals surface area contributed by atoms with Crippen LogP contribution in [0.1, 0.15) is 42.1 Å². The van der Waals surface area contributed by atoms with Crippen molar-refractivity contribution in [3.05, 3.63) is 34.9 Å². The van der Waals surface area contributed by atoms with Crippen LogP contribution in [-0.2, 0) is 6.42 Å². The van der Waals surface area contributed by atoms with Crippen LogP contribution in [0.3, 0.4) is 0 Å². The third kappa shape index (κ3) is 3.69. The topological polar surface area (TPSA) is 71.1 Å². The number of hydrogen-bond acceptors (Lipinski definition) is 6. The first kappa shape index (κ1) is 18.0. The number of fused-ring (bicyclic) bond motifs is 1. The quantitative estimate of drug-likeness (QED) is 0.764. The Morgan fingerprint density at radius 3 is 2.96 bits per heavy atom. The van der Waals surface area contributed by atoms with Crippen molar-refractivity contribution in [2.24, 2.45) is 0 Å². The number of aryl methyl sites for hydroxylation is 1. The van der Waals surface area contributed by atoms with Crippen molar-refractivity contribution >= 4 is 17.3 Å². The number of aromatic nitrogens is 2. The van der Waals surface area contributed by atoms with Crippen LogP contribution in [0, 0.1) is 12.7 Å². The van der Waals surface area contributed by atoms with Gasteiger partial charge in [0.2, 0.25) is 0 Å². The minimum absolute atomic E-state index is 0.147. The molecule has 2 aromatic heterocycles. The number of hydrogen-bond donors (Lipinski definition) is 3. The Labute approximate surface area is 158 Å². The summed E-state index contributed by atoms with van der Waals surface area (Å²) in [7, 11) is 1.85. The predicted molar refractivity (Wildman–Crippen MR) is 105 cm³/mol. The van der Waals surface area contributed by atoms with Crippen molar-refractivity contribution in [2.75, 3.05) is 37.4 Å². The second-order valence-electron chi connectivity index (χ2n) is 7.20. The van der Waals surface area contributed by atoms with E-state index >= 15 is 4.39 Å². The van der Waals surface area contributed by atoms with E-state index in [0.717, 1.165) is 49.4 Å². The second kappa shape index (κ2) is 7.68. The first-order valence-corrected chi connectivity index (χ1v) is 9.65. The third-order valence-corrected chi connectivity index (χ3v) is 5.26. The van der Waals surface area contributed by atoms with Crippen LogP contribution in [-0.4, -0.2) is 36.7 Å². The van der Waals surface area contributed by atoms with Gasteiger partial charge in [-0.2, -0.15) is 0 Å². The number of rotatable bonds is 4. The van der Waals surface area contributed by atoms with Gasteiger partial charge in [0.25, 0.3) is 0 Å². The summed E-state index contributed by atoms with van der Waals surface area (Å²) in [5.41, 5.74) is 3.30. The zero-order valence-electron chi connectivity index (χ0n) is 15.9. The van der Waals surface area contributed by atoms with Gasteiger partial charge < -0.3 is 20.7 Å². The fourth-order valence-electron chi connectivity index (χ4n) is 3.95. The van der Waals surface area contributed by atoms with E-state index in [1.807, 2.05) is 26.1 Å². The molecule has 0 aliphatic carbocycles. The van der Waals surface area contributed by atoms with Gasteiger partial charge in [-0.3, -0.25) is 0 Å². The van der Waals surface area contributed by atoms with Gasteiger partial charge in [0.15, 0.2) is 11.6 Å². The molecule has 3 N–H and O–H groups in total. The predicted octanol–water partition coefficient (Wildman–Crippen LogP) is 3.50. The molecule has 0 unspecified atom stereocenters. The van der Waals surface area contributed by atoms with Gasteiger partial charge in [-0.25, -0.2) is 14.4 Å². The molecular formula is C20H26FN5O. The Hall–Kier alpha value is -2.41. The molecule has 2 aliphatic heterocycles. The van der Waals surface area contributed by atoms with Gasteiger partial charge in [-0.15, -0.1) is 0 Å². The van der Waals surface area contributed by atoms with Gasteiger partial charge >= 0.3 is 0 Å². The van der Waals surface area contributed by atoms with Gasteiger partial charge in [0, 0.05) is 36.5 Å². The molecule has 4 heterocycles. The van der Waals surface area contributed by atoms with Crippen LogP contribution in [0.25, 0.3) is 0 Å². The van der Waals surface area contributed by atoms with E-state index in [-0.39, 0.29) is 17.6 Å². The van der Waals surface area contributed by atoms with Crippen molar-refractivity contribution in [3.63, 3.8) is 0 Å². The van der Waals surface area contributed by atoms with Crippen molar-refractivity contribution < 1.29 is 9.13 Å². The molecule has 0 spiro atoms. The Morgan fingerprint density at radius 2 is 2.11 bits per heavy atom. The first-order chi connectivity index (χ1) is 13.2. The normalized spacial score (nSPS) is 19.1. The Morgan fingerprint density at radius 1 is 1.22 bits per heavy atom. The van der Waals surface area contributed by atoms with Crippen molar-refractivity contribution in [3.8, 4) is 5.75 Å². The van der Waals surface area contributed by atoms with E-state index in [0.29, 0.717) is 30.2 Å². The highest BCUT2D eigenvalue weighted by Gasteiger charge is 2.30. The van der Waals surface area contributed by atoms with E-state index < -0.39 is 0 Å². The average molecular weight is 371 g/mol. The summed E-state index contributed by atoms with van der Waals surface area (Å²) in [6.07, 6.45) is 3.61. The van der Waals surface area contributed by atoms with E-state index in [9.17, 15) is 0 Å². The minimum Gasteiger partial charge on any atom is -0.491 e. The largest absolute Gasteiger partial charge is 0.491 e. The number of nitrogens with one attached hydrogen (secondary N) is 3. The zero-order chi connectivity index (χ0) is 18.8. The molecule has 4 rings (SSSR count). The maximum Gasteiger partial charge on any atom is 0.173 e. The summed E-state index contributed by atoms with van der Waals surface area (Å²) in [5, 5.41) is 9.60. The van der Waals surface area contributed by atoms with Gasteiger partial charge in [0.1, 0.15) is 11.6 Å². The molecule has 0 aromatic carbocycles. The lowest BCUT2D eigenvalue weighted by atomic mass is 9.90. The molecule has 7 heteroatoms. The maximum atomic E-state index is 15.5. The summed E-state index contributed by atoms with van der Waals surface area (Å²) >= 11 is 0. The lowest BCUT2D eigenvalue weighted by molar-refractivity contribution is 0.346. The molecule has 2 aliphatic rings. The van der Waals surface area contributed by atoms with Crippen molar-refractivity contribution in [1.82, 2.24) is 15.3 Å². The number of nitrogens with zero attached hydrogens (tertiary/aromatic N) is 2. The summed E-state index contributed by atoms with van der Waals surface area (Å²) < 4.78 is 21.3. The fraction of sp³-hybridized carbons (Fsp3) is 0.500. The second-order valence-corrected chi connectivity index (χ2v) is 7.20. The lowest BCUT2D eigenvalue weighted by Crippen LogP contribution is -2.14. The highest BCUT2D eigenvalue weighted by atomic mass is 19.1. The molecule has 1 atom stereocenters. The lowest BCUT2D eigenvalue weighted by Gasteiger charge is -2.20. The highest BCUT2D eigenvalue weighted by molar-refractivity contribution is 5.62. The number of pyridine rings is 2. The molecule has 27 heavy (non-hydrogen) atoms. The summed E-state index contributed by atoms with van der Waals surface area (Å²) in [4.78, 5) is 8.99. The molecule has 1 fully saturated rings. The molecule has 0 saturated carbocycles. The number of halogens is 1. The highest BCUT2D eigenvalue weighted by Crippen LogP contribution is 2.41. The van der Waals surface area contributed by atoms with Gasteiger partial charge in [-0.1, -0.05) is 0 Å². The molecule has 2 aromatic rings. The number of ether oxygens (including phenoxy) is 1. The summed E-state index contributed by atoms with van der Waals surface area (Å²) in [6, 6.07) is 3.79. The minimum atomic E-state index is -0.308. The first-order valence-electron chi connectivity index (χ1n) is 9.65. The molecular weight excluding hydrogens is 345 g/mol. The van der Waals surface area contributed by atoms with Crippen LogP contribution >= 0.6 is 0 Å². The molecule has 0 amide bonds. The molecule has 6 nitrogen and oxygen atoms in total. The molecule has 0 bridgehead atoms. The average Bonchev–Trinajstić information content (AvgIpc) is 2.95. The third-order valence-electron chi connectivity index (χ3n) is 5.26. The van der Waals surface area contributed by atoms with E-state index in [4.69, 9.17) is 4.74 Å². The SMILES string of the molecule is CNc1cc(C)nc(Nc2nc3c(c([C@H]4CCCNCC4)c2F)OCC3)c1. The summed E-state index contributed by atoms with van der Waals surface area (Å²) in [5.74, 6) is 1.33. The van der Waals surface area contributed by atoms with Crippen LogP contribution in [0.5, 0.6) is 5.75 Å². The van der Waals surface area contributed by atoms with Crippen molar-refractivity contribution in [2.45, 2.75) is 38.5 Å². The molecule has 144 valence electrons. The van der Waals surface area contributed by atoms with E-state index in [1.54, 1.807) is 0 Å². The van der Waals surface area contributed by atoms with E-state index in [1.165, 1.54) is 0 Å². The van der Waals surface area contributed by atoms with Crippen LogP contribution in [0.4, 0.5) is 21.7 Å². The Balaban J connectivity index is 1.73. The fourth-order valence-corrected chi connectivity index (χ4v) is 3.95. The van der Waals surface area contributed by atoms with E-state index in [2.05, 4.69) is 25.9 Å². The summed E-state index contributed by atoms with van der Waals surface area (Å²) in [6.45, 7) is 4.36. The molecule has 1 saturated heterocycles. The van der Waals surface area contributed by atoms with Crippen LogP contribution in [0.15, 0.2) is 12.1 Å². The van der Waals surface area contributed by atoms with Crippen LogP contribution < -0.4 is 20.7 Å². The van der Waals surface area contributed by atoms with Crippen molar-refractivity contribution in [1.29, 1.82) is 0 Å². The van der Waals surface area contributed by atoms with Gasteiger partial charge in [-0.05, 0) is 51.3 Å². The van der Waals surface area contributed by atoms with Gasteiger partial charge in [0.05, 0.1) is 12.3 Å².